The third kappa shape index (κ3) is 13.5. The maximum absolute atomic E-state index is 13.1. The van der Waals surface area contributed by atoms with Crippen LogP contribution in [0.15, 0.2) is 146 Å². The number of amides is 1. The number of piperazine rings is 2. The van der Waals surface area contributed by atoms with Crippen molar-refractivity contribution < 1.29 is 4.79 Å². The number of carbonyl (C=O) groups is 1. The molecule has 0 aliphatic carbocycles. The molecule has 0 saturated carbocycles. The summed E-state index contributed by atoms with van der Waals surface area (Å²) in [5.74, 6) is 0.798. The molecule has 12 heteroatoms. The van der Waals surface area contributed by atoms with Crippen LogP contribution in [0.25, 0.3) is 0 Å². The van der Waals surface area contributed by atoms with Gasteiger partial charge in [0.1, 0.15) is 0 Å². The number of aromatic nitrogens is 4. The number of benzene rings is 4. The first-order valence-electron chi connectivity index (χ1n) is 19.8. The van der Waals surface area contributed by atoms with Gasteiger partial charge in [0.05, 0.1) is 12.7 Å². The van der Waals surface area contributed by atoms with Gasteiger partial charge in [0.25, 0.3) is 0 Å². The zero-order chi connectivity index (χ0) is 37.5. The zero-order valence-corrected chi connectivity index (χ0v) is 35.5. The molecule has 4 heterocycles. The standard InChI is InChI=1S/C23H26N4O.C23H28N4.3ClH/c28-23(27-13-11-26(12-14-27)17-21-16-24-18-25-21)15-22(19-7-3-1-4-8-19)20-9-5-2-6-10-20;1-3-7-20(8-4-1)23(21-9-5-2-6-10-21)11-12-26-13-15-27(16-14-26)18-22-17-24-19-25-22;;;/h1-10,16,18,22H,11-15,17H2,(H,24,25);1-10,17,19,23H,11-16,18H2,(H,24,25);3*1H. The Morgan fingerprint density at radius 2 is 0.862 bits per heavy atom. The number of hydrogen-bond donors (Lipinski definition) is 2. The summed E-state index contributed by atoms with van der Waals surface area (Å²) in [5, 5.41) is 0. The fraction of sp³-hybridized carbons (Fsp3) is 0.326. The second kappa shape index (κ2) is 24.4. The molecular formula is C46H57Cl3N8O. The lowest BCUT2D eigenvalue weighted by Gasteiger charge is -2.35. The van der Waals surface area contributed by atoms with E-state index in [2.05, 4.69) is 120 Å². The van der Waals surface area contributed by atoms with Gasteiger partial charge in [-0.1, -0.05) is 121 Å². The first-order chi connectivity index (χ1) is 27.2. The van der Waals surface area contributed by atoms with Crippen LogP contribution in [0, 0.1) is 0 Å². The van der Waals surface area contributed by atoms with Crippen LogP contribution in [0.1, 0.15) is 58.3 Å². The maximum atomic E-state index is 13.1. The Kier molecular flexibility index (Phi) is 19.5. The third-order valence-corrected chi connectivity index (χ3v) is 11.0. The molecule has 2 saturated heterocycles. The van der Waals surface area contributed by atoms with Gasteiger partial charge in [0.2, 0.25) is 5.91 Å². The molecule has 0 unspecified atom stereocenters. The molecule has 308 valence electrons. The molecule has 58 heavy (non-hydrogen) atoms. The topological polar surface area (TPSA) is 87.4 Å². The summed E-state index contributed by atoms with van der Waals surface area (Å²) >= 11 is 0. The number of aromatic amines is 2. The number of nitrogens with zero attached hydrogens (tertiary/aromatic N) is 6. The highest BCUT2D eigenvalue weighted by molar-refractivity contribution is 5.86. The third-order valence-electron chi connectivity index (χ3n) is 11.0. The van der Waals surface area contributed by atoms with E-state index in [4.69, 9.17) is 0 Å². The van der Waals surface area contributed by atoms with E-state index in [1.165, 1.54) is 27.9 Å². The van der Waals surface area contributed by atoms with E-state index in [9.17, 15) is 4.79 Å². The van der Waals surface area contributed by atoms with Gasteiger partial charge in [-0.25, -0.2) is 9.97 Å². The summed E-state index contributed by atoms with van der Waals surface area (Å²) < 4.78 is 0. The number of hydrogen-bond acceptors (Lipinski definition) is 6. The van der Waals surface area contributed by atoms with E-state index in [0.29, 0.717) is 12.3 Å². The van der Waals surface area contributed by atoms with Gasteiger partial charge >= 0.3 is 0 Å². The smallest absolute Gasteiger partial charge is 0.223 e. The molecular weight excluding hydrogens is 787 g/mol. The minimum atomic E-state index is 0. The number of H-pyrrole nitrogens is 2. The van der Waals surface area contributed by atoms with Crippen molar-refractivity contribution in [3.8, 4) is 0 Å². The predicted octanol–water partition coefficient (Wildman–Crippen LogP) is 8.29. The first kappa shape index (κ1) is 46.2. The average Bonchev–Trinajstić information content (AvgIpc) is 3.98. The fourth-order valence-electron chi connectivity index (χ4n) is 7.86. The summed E-state index contributed by atoms with van der Waals surface area (Å²) in [6.45, 7) is 10.9. The van der Waals surface area contributed by atoms with Crippen molar-refractivity contribution in [2.45, 2.75) is 37.8 Å². The minimum Gasteiger partial charge on any atom is -0.347 e. The van der Waals surface area contributed by atoms with Crippen molar-refractivity contribution in [3.05, 3.63) is 180 Å². The van der Waals surface area contributed by atoms with Crippen LogP contribution < -0.4 is 0 Å². The first-order valence-corrected chi connectivity index (χ1v) is 19.8. The number of halogens is 3. The second-order valence-electron chi connectivity index (χ2n) is 14.7. The molecule has 6 aromatic rings. The van der Waals surface area contributed by atoms with Gasteiger partial charge in [-0.05, 0) is 35.2 Å². The molecule has 8 rings (SSSR count). The van der Waals surface area contributed by atoms with E-state index >= 15 is 0 Å². The molecule has 1 amide bonds. The highest BCUT2D eigenvalue weighted by Gasteiger charge is 2.26. The number of nitrogens with one attached hydrogen (secondary N) is 2. The van der Waals surface area contributed by atoms with Crippen molar-refractivity contribution >= 4 is 43.1 Å². The minimum absolute atomic E-state index is 0. The lowest BCUT2D eigenvalue weighted by molar-refractivity contribution is -0.133. The van der Waals surface area contributed by atoms with Gasteiger partial charge in [0, 0.05) is 107 Å². The molecule has 0 bridgehead atoms. The van der Waals surface area contributed by atoms with E-state index in [-0.39, 0.29) is 49.0 Å². The van der Waals surface area contributed by atoms with E-state index in [1.807, 2.05) is 53.7 Å². The highest BCUT2D eigenvalue weighted by Crippen LogP contribution is 2.30. The van der Waals surface area contributed by atoms with Crippen LogP contribution >= 0.6 is 37.2 Å². The Labute approximate surface area is 362 Å². The van der Waals surface area contributed by atoms with Crippen molar-refractivity contribution in [2.24, 2.45) is 0 Å². The number of carbonyl (C=O) groups excluding carboxylic acids is 1. The van der Waals surface area contributed by atoms with E-state index in [0.717, 1.165) is 84.1 Å². The summed E-state index contributed by atoms with van der Waals surface area (Å²) in [7, 11) is 0. The quantitative estimate of drug-likeness (QED) is 0.122. The summed E-state index contributed by atoms with van der Waals surface area (Å²) in [6.07, 6.45) is 8.93. The summed E-state index contributed by atoms with van der Waals surface area (Å²) in [6, 6.07) is 42.6. The second-order valence-corrected chi connectivity index (χ2v) is 14.7. The van der Waals surface area contributed by atoms with Gasteiger partial charge in [-0.2, -0.15) is 0 Å². The normalized spacial score (nSPS) is 14.8. The van der Waals surface area contributed by atoms with Crippen LogP contribution in [0.3, 0.4) is 0 Å². The zero-order valence-electron chi connectivity index (χ0n) is 33.0. The molecule has 2 fully saturated rings. The Morgan fingerprint density at radius 3 is 1.24 bits per heavy atom. The van der Waals surface area contributed by atoms with Crippen LogP contribution in [0.2, 0.25) is 0 Å². The largest absolute Gasteiger partial charge is 0.347 e. The average molecular weight is 844 g/mol. The van der Waals surface area contributed by atoms with Crippen molar-refractivity contribution in [2.75, 3.05) is 58.9 Å². The predicted molar refractivity (Wildman–Crippen MR) is 241 cm³/mol. The van der Waals surface area contributed by atoms with Crippen molar-refractivity contribution in [3.63, 3.8) is 0 Å². The van der Waals surface area contributed by atoms with Crippen LogP contribution in [-0.2, 0) is 17.9 Å². The number of rotatable bonds is 13. The lowest BCUT2D eigenvalue weighted by Crippen LogP contribution is -2.48. The number of imidazole rings is 2. The van der Waals surface area contributed by atoms with E-state index in [1.54, 1.807) is 12.7 Å². The Hall–Kier alpha value is -4.48. The molecule has 2 N–H and O–H groups in total. The van der Waals surface area contributed by atoms with Gasteiger partial charge in [-0.3, -0.25) is 14.6 Å². The maximum Gasteiger partial charge on any atom is 0.223 e. The molecule has 2 aliphatic heterocycles. The monoisotopic (exact) mass is 842 g/mol. The van der Waals surface area contributed by atoms with Crippen molar-refractivity contribution in [1.29, 1.82) is 0 Å². The molecule has 0 spiro atoms. The molecule has 2 aliphatic rings. The molecule has 0 radical (unpaired) electrons. The molecule has 2 aromatic heterocycles. The lowest BCUT2D eigenvalue weighted by atomic mass is 9.88. The highest BCUT2D eigenvalue weighted by atomic mass is 35.5. The van der Waals surface area contributed by atoms with Gasteiger partial charge in [-0.15, -0.1) is 37.2 Å². The summed E-state index contributed by atoms with van der Waals surface area (Å²) in [4.78, 5) is 37.1. The van der Waals surface area contributed by atoms with Gasteiger partial charge in [0.15, 0.2) is 0 Å². The summed E-state index contributed by atoms with van der Waals surface area (Å²) in [5.41, 5.74) is 7.55. The van der Waals surface area contributed by atoms with Crippen LogP contribution in [0.4, 0.5) is 0 Å². The van der Waals surface area contributed by atoms with Crippen LogP contribution in [0.5, 0.6) is 0 Å². The molecule has 9 nitrogen and oxygen atoms in total. The van der Waals surface area contributed by atoms with Gasteiger partial charge < -0.3 is 19.8 Å². The molecule has 4 aromatic carbocycles. The van der Waals surface area contributed by atoms with Crippen LogP contribution in [-0.4, -0.2) is 104 Å². The SMILES string of the molecule is Cl.Cl.Cl.O=C(CC(c1ccccc1)c1ccccc1)N1CCN(Cc2cnc[nH]2)CC1.c1ccc(C(CCN2CCN(Cc3cnc[nH]3)CC2)c2ccccc2)cc1. The Balaban J connectivity index is 0.000000244. The fourth-order valence-corrected chi connectivity index (χ4v) is 7.86. The Morgan fingerprint density at radius 1 is 0.500 bits per heavy atom. The van der Waals surface area contributed by atoms with E-state index < -0.39 is 0 Å². The molecule has 0 atom stereocenters. The Bertz CT molecular complexity index is 1860. The van der Waals surface area contributed by atoms with Crippen molar-refractivity contribution in [1.82, 2.24) is 39.5 Å².